The first-order chi connectivity index (χ1) is 10.2. The van der Waals surface area contributed by atoms with Crippen LogP contribution in [0.25, 0.3) is 0 Å². The Labute approximate surface area is 127 Å². The lowest BCUT2D eigenvalue weighted by molar-refractivity contribution is 0.0911. The maximum atomic E-state index is 12.3. The Kier molecular flexibility index (Phi) is 6.21. The van der Waals surface area contributed by atoms with Gasteiger partial charge in [-0.15, -0.1) is 0 Å². The molecule has 0 bridgehead atoms. The zero-order valence-electron chi connectivity index (χ0n) is 13.1. The summed E-state index contributed by atoms with van der Waals surface area (Å²) in [4.78, 5) is 14.8. The number of likely N-dealkylation sites (tertiary alicyclic amines) is 1. The van der Waals surface area contributed by atoms with E-state index in [0.29, 0.717) is 12.6 Å². The third-order valence-electron chi connectivity index (χ3n) is 3.96. The van der Waals surface area contributed by atoms with Crippen LogP contribution in [0.2, 0.25) is 0 Å². The first kappa shape index (κ1) is 16.0. The SMILES string of the molecule is CCCN1CCC(NC(=O)c2cccc(COC)c2)CC1. The first-order valence-electron chi connectivity index (χ1n) is 7.84. The van der Waals surface area contributed by atoms with E-state index in [4.69, 9.17) is 4.74 Å². The van der Waals surface area contributed by atoms with Gasteiger partial charge in [-0.1, -0.05) is 19.1 Å². The van der Waals surface area contributed by atoms with Crippen molar-refractivity contribution >= 4 is 5.91 Å². The molecule has 116 valence electrons. The van der Waals surface area contributed by atoms with E-state index in [9.17, 15) is 4.79 Å². The Balaban J connectivity index is 1.86. The molecular formula is C17H26N2O2. The van der Waals surface area contributed by atoms with Crippen molar-refractivity contribution < 1.29 is 9.53 Å². The van der Waals surface area contributed by atoms with Gasteiger partial charge in [0.2, 0.25) is 0 Å². The standard InChI is InChI=1S/C17H26N2O2/c1-3-9-19-10-7-16(8-11-19)18-17(20)15-6-4-5-14(12-15)13-21-2/h4-6,12,16H,3,7-11,13H2,1-2H3,(H,18,20). The summed E-state index contributed by atoms with van der Waals surface area (Å²) in [5.74, 6) is 0.0295. The van der Waals surface area contributed by atoms with E-state index in [1.165, 1.54) is 13.0 Å². The van der Waals surface area contributed by atoms with Crippen LogP contribution in [0, 0.1) is 0 Å². The number of hydrogen-bond donors (Lipinski definition) is 1. The lowest BCUT2D eigenvalue weighted by Crippen LogP contribution is -2.44. The van der Waals surface area contributed by atoms with Gasteiger partial charge in [0.25, 0.3) is 5.91 Å². The number of nitrogens with one attached hydrogen (secondary N) is 1. The van der Waals surface area contributed by atoms with Gasteiger partial charge >= 0.3 is 0 Å². The maximum absolute atomic E-state index is 12.3. The molecule has 4 nitrogen and oxygen atoms in total. The monoisotopic (exact) mass is 290 g/mol. The molecule has 1 aliphatic heterocycles. The lowest BCUT2D eigenvalue weighted by Gasteiger charge is -2.32. The number of nitrogens with zero attached hydrogens (tertiary/aromatic N) is 1. The summed E-state index contributed by atoms with van der Waals surface area (Å²) in [7, 11) is 1.66. The maximum Gasteiger partial charge on any atom is 0.251 e. The molecule has 1 aliphatic rings. The molecule has 1 N–H and O–H groups in total. The van der Waals surface area contributed by atoms with Crippen LogP contribution >= 0.6 is 0 Å². The van der Waals surface area contributed by atoms with Gasteiger partial charge in [-0.25, -0.2) is 0 Å². The fraction of sp³-hybridized carbons (Fsp3) is 0.588. The van der Waals surface area contributed by atoms with Crippen LogP contribution < -0.4 is 5.32 Å². The fourth-order valence-corrected chi connectivity index (χ4v) is 2.85. The van der Waals surface area contributed by atoms with Crippen molar-refractivity contribution in [1.82, 2.24) is 10.2 Å². The summed E-state index contributed by atoms with van der Waals surface area (Å²) in [6.45, 7) is 6.09. The van der Waals surface area contributed by atoms with Crippen molar-refractivity contribution in [2.45, 2.75) is 38.8 Å². The molecule has 0 aromatic heterocycles. The van der Waals surface area contributed by atoms with E-state index in [2.05, 4.69) is 17.1 Å². The number of methoxy groups -OCH3 is 1. The second kappa shape index (κ2) is 8.15. The van der Waals surface area contributed by atoms with Gasteiger partial charge in [-0.05, 0) is 43.5 Å². The Morgan fingerprint density at radius 1 is 1.38 bits per heavy atom. The van der Waals surface area contributed by atoms with E-state index in [0.717, 1.165) is 37.1 Å². The number of hydrogen-bond acceptors (Lipinski definition) is 3. The predicted molar refractivity (Wildman–Crippen MR) is 84.4 cm³/mol. The number of piperidine rings is 1. The minimum atomic E-state index is 0.0295. The lowest BCUT2D eigenvalue weighted by atomic mass is 10.0. The number of carbonyl (C=O) groups excluding carboxylic acids is 1. The van der Waals surface area contributed by atoms with E-state index in [1.807, 2.05) is 24.3 Å². The Morgan fingerprint density at radius 2 is 2.14 bits per heavy atom. The Morgan fingerprint density at radius 3 is 2.81 bits per heavy atom. The number of carbonyl (C=O) groups is 1. The van der Waals surface area contributed by atoms with Crippen LogP contribution in [0.15, 0.2) is 24.3 Å². The summed E-state index contributed by atoms with van der Waals surface area (Å²) < 4.78 is 5.11. The summed E-state index contributed by atoms with van der Waals surface area (Å²) in [5, 5.41) is 3.16. The van der Waals surface area contributed by atoms with E-state index in [-0.39, 0.29) is 5.91 Å². The van der Waals surface area contributed by atoms with Crippen molar-refractivity contribution in [2.24, 2.45) is 0 Å². The molecule has 1 aromatic rings. The van der Waals surface area contributed by atoms with Gasteiger partial charge in [-0.3, -0.25) is 4.79 Å². The molecule has 0 atom stereocenters. The fourth-order valence-electron chi connectivity index (χ4n) is 2.85. The molecule has 0 unspecified atom stereocenters. The normalized spacial score (nSPS) is 16.9. The highest BCUT2D eigenvalue weighted by Gasteiger charge is 2.20. The van der Waals surface area contributed by atoms with Crippen LogP contribution in [0.5, 0.6) is 0 Å². The zero-order valence-corrected chi connectivity index (χ0v) is 13.1. The Bertz CT molecular complexity index is 454. The Hall–Kier alpha value is -1.39. The van der Waals surface area contributed by atoms with Crippen LogP contribution in [0.4, 0.5) is 0 Å². The van der Waals surface area contributed by atoms with Crippen LogP contribution in [-0.2, 0) is 11.3 Å². The molecule has 1 heterocycles. The van der Waals surface area contributed by atoms with Crippen LogP contribution in [0.3, 0.4) is 0 Å². The number of amides is 1. The average molecular weight is 290 g/mol. The largest absolute Gasteiger partial charge is 0.380 e. The average Bonchev–Trinajstić information content (AvgIpc) is 2.50. The summed E-state index contributed by atoms with van der Waals surface area (Å²) in [6, 6.07) is 7.96. The number of ether oxygens (including phenoxy) is 1. The van der Waals surface area contributed by atoms with Gasteiger partial charge in [0, 0.05) is 31.8 Å². The quantitative estimate of drug-likeness (QED) is 0.875. The van der Waals surface area contributed by atoms with Crippen LogP contribution in [-0.4, -0.2) is 43.6 Å². The zero-order chi connectivity index (χ0) is 15.1. The molecule has 0 saturated carbocycles. The van der Waals surface area contributed by atoms with E-state index in [1.54, 1.807) is 7.11 Å². The van der Waals surface area contributed by atoms with Crippen molar-refractivity contribution in [3.63, 3.8) is 0 Å². The summed E-state index contributed by atoms with van der Waals surface area (Å²) >= 11 is 0. The predicted octanol–water partition coefficient (Wildman–Crippen LogP) is 2.44. The van der Waals surface area contributed by atoms with Crippen LogP contribution in [0.1, 0.15) is 42.1 Å². The molecular weight excluding hydrogens is 264 g/mol. The molecule has 1 aromatic carbocycles. The topological polar surface area (TPSA) is 41.6 Å². The first-order valence-corrected chi connectivity index (χ1v) is 7.84. The van der Waals surface area contributed by atoms with Gasteiger partial charge in [0.05, 0.1) is 6.61 Å². The van der Waals surface area contributed by atoms with Gasteiger partial charge in [0.15, 0.2) is 0 Å². The highest BCUT2D eigenvalue weighted by Crippen LogP contribution is 2.12. The molecule has 0 radical (unpaired) electrons. The van der Waals surface area contributed by atoms with Crippen molar-refractivity contribution in [3.05, 3.63) is 35.4 Å². The smallest absolute Gasteiger partial charge is 0.251 e. The molecule has 1 amide bonds. The number of benzene rings is 1. The minimum Gasteiger partial charge on any atom is -0.380 e. The van der Waals surface area contributed by atoms with Crippen molar-refractivity contribution in [3.8, 4) is 0 Å². The third kappa shape index (κ3) is 4.83. The number of rotatable bonds is 6. The molecule has 2 rings (SSSR count). The van der Waals surface area contributed by atoms with E-state index < -0.39 is 0 Å². The van der Waals surface area contributed by atoms with Crippen molar-refractivity contribution in [2.75, 3.05) is 26.7 Å². The third-order valence-corrected chi connectivity index (χ3v) is 3.96. The second-order valence-corrected chi connectivity index (χ2v) is 5.72. The van der Waals surface area contributed by atoms with Crippen molar-refractivity contribution in [1.29, 1.82) is 0 Å². The summed E-state index contributed by atoms with van der Waals surface area (Å²) in [5.41, 5.74) is 1.75. The highest BCUT2D eigenvalue weighted by atomic mass is 16.5. The second-order valence-electron chi connectivity index (χ2n) is 5.72. The van der Waals surface area contributed by atoms with Gasteiger partial charge < -0.3 is 15.0 Å². The van der Waals surface area contributed by atoms with Gasteiger partial charge in [-0.2, -0.15) is 0 Å². The molecule has 0 aliphatic carbocycles. The molecule has 1 saturated heterocycles. The van der Waals surface area contributed by atoms with E-state index >= 15 is 0 Å². The summed E-state index contributed by atoms with van der Waals surface area (Å²) in [6.07, 6.45) is 3.29. The molecule has 1 fully saturated rings. The van der Waals surface area contributed by atoms with Gasteiger partial charge in [0.1, 0.15) is 0 Å². The highest BCUT2D eigenvalue weighted by molar-refractivity contribution is 5.94. The molecule has 21 heavy (non-hydrogen) atoms. The molecule has 4 heteroatoms. The minimum absolute atomic E-state index is 0.0295. The molecule has 0 spiro atoms.